The lowest BCUT2D eigenvalue weighted by Crippen LogP contribution is -2.38. The normalized spacial score (nSPS) is 26.6. The molecule has 2 heterocycles. The summed E-state index contributed by atoms with van der Waals surface area (Å²) in [6, 6.07) is 0. The van der Waals surface area contributed by atoms with Crippen LogP contribution in [0.5, 0.6) is 0 Å². The quantitative estimate of drug-likeness (QED) is 0.726. The minimum atomic E-state index is -0.203. The number of ether oxygens (including phenoxy) is 1. The average Bonchev–Trinajstić information content (AvgIpc) is 3.00. The van der Waals surface area contributed by atoms with Gasteiger partial charge in [-0.1, -0.05) is 0 Å². The lowest BCUT2D eigenvalue weighted by molar-refractivity contribution is -0.129. The van der Waals surface area contributed by atoms with Gasteiger partial charge < -0.3 is 19.9 Å². The minimum absolute atomic E-state index is 0.00459. The van der Waals surface area contributed by atoms with Crippen molar-refractivity contribution in [3.63, 3.8) is 0 Å². The van der Waals surface area contributed by atoms with E-state index in [9.17, 15) is 9.59 Å². The van der Waals surface area contributed by atoms with Crippen LogP contribution in [0.15, 0.2) is 0 Å². The van der Waals surface area contributed by atoms with E-state index in [-0.39, 0.29) is 23.8 Å². The van der Waals surface area contributed by atoms with Crippen molar-refractivity contribution in [3.05, 3.63) is 0 Å². The summed E-state index contributed by atoms with van der Waals surface area (Å²) in [5.74, 6) is -0.130. The van der Waals surface area contributed by atoms with Gasteiger partial charge in [0.15, 0.2) is 0 Å². The predicted octanol–water partition coefficient (Wildman–Crippen LogP) is -0.308. The Kier molecular flexibility index (Phi) is 5.37. The summed E-state index contributed by atoms with van der Waals surface area (Å²) in [5, 5.41) is 2.90. The number of nitrogens with zero attached hydrogens (tertiary/aromatic N) is 2. The van der Waals surface area contributed by atoms with Crippen molar-refractivity contribution in [1.29, 1.82) is 0 Å². The predicted molar refractivity (Wildman–Crippen MR) is 75.2 cm³/mol. The van der Waals surface area contributed by atoms with E-state index >= 15 is 0 Å². The van der Waals surface area contributed by atoms with Gasteiger partial charge in [0.1, 0.15) is 0 Å². The SMILES string of the molecule is CN(C)CCNC(=O)C1CC(=O)N(CC2CCCO2)C1. The van der Waals surface area contributed by atoms with Crippen molar-refractivity contribution in [3.8, 4) is 0 Å². The van der Waals surface area contributed by atoms with Gasteiger partial charge in [-0.15, -0.1) is 0 Å². The molecular weight excluding hydrogens is 258 g/mol. The number of carbonyl (C=O) groups is 2. The third-order valence-electron chi connectivity index (χ3n) is 3.89. The lowest BCUT2D eigenvalue weighted by atomic mass is 10.1. The summed E-state index contributed by atoms with van der Waals surface area (Å²) < 4.78 is 5.55. The molecule has 6 nitrogen and oxygen atoms in total. The molecule has 2 rings (SSSR count). The Bertz CT molecular complexity index is 354. The lowest BCUT2D eigenvalue weighted by Gasteiger charge is -2.20. The molecule has 0 radical (unpaired) electrons. The molecule has 0 aromatic rings. The second-order valence-corrected chi connectivity index (χ2v) is 5.93. The smallest absolute Gasteiger partial charge is 0.225 e. The van der Waals surface area contributed by atoms with Crippen LogP contribution >= 0.6 is 0 Å². The van der Waals surface area contributed by atoms with Crippen molar-refractivity contribution in [2.75, 3.05) is 46.9 Å². The van der Waals surface area contributed by atoms with Gasteiger partial charge in [0.05, 0.1) is 12.0 Å². The van der Waals surface area contributed by atoms with Gasteiger partial charge in [-0.2, -0.15) is 0 Å². The zero-order valence-corrected chi connectivity index (χ0v) is 12.4. The molecule has 0 spiro atoms. The minimum Gasteiger partial charge on any atom is -0.376 e. The second-order valence-electron chi connectivity index (χ2n) is 5.93. The third-order valence-corrected chi connectivity index (χ3v) is 3.89. The molecule has 2 unspecified atom stereocenters. The molecule has 0 bridgehead atoms. The van der Waals surface area contributed by atoms with Crippen LogP contribution in [0.2, 0.25) is 0 Å². The Hall–Kier alpha value is -1.14. The number of nitrogens with one attached hydrogen (secondary N) is 1. The van der Waals surface area contributed by atoms with E-state index in [1.807, 2.05) is 19.0 Å². The Morgan fingerprint density at radius 3 is 2.95 bits per heavy atom. The van der Waals surface area contributed by atoms with E-state index in [4.69, 9.17) is 4.74 Å². The van der Waals surface area contributed by atoms with Crippen LogP contribution in [-0.2, 0) is 14.3 Å². The number of likely N-dealkylation sites (tertiary alicyclic amines) is 1. The Morgan fingerprint density at radius 2 is 2.30 bits per heavy atom. The summed E-state index contributed by atoms with van der Waals surface area (Å²) in [6.45, 7) is 3.41. The van der Waals surface area contributed by atoms with Crippen molar-refractivity contribution in [1.82, 2.24) is 15.1 Å². The van der Waals surface area contributed by atoms with Crippen molar-refractivity contribution < 1.29 is 14.3 Å². The van der Waals surface area contributed by atoms with Crippen LogP contribution in [0.4, 0.5) is 0 Å². The molecule has 1 N–H and O–H groups in total. The maximum Gasteiger partial charge on any atom is 0.225 e. The van der Waals surface area contributed by atoms with Crippen LogP contribution < -0.4 is 5.32 Å². The van der Waals surface area contributed by atoms with Gasteiger partial charge in [-0.25, -0.2) is 0 Å². The van der Waals surface area contributed by atoms with E-state index < -0.39 is 0 Å². The van der Waals surface area contributed by atoms with Crippen molar-refractivity contribution in [2.45, 2.75) is 25.4 Å². The standard InChI is InChI=1S/C14H25N3O3/c1-16(2)6-5-15-14(19)11-8-13(18)17(9-11)10-12-4-3-7-20-12/h11-12H,3-10H2,1-2H3,(H,15,19). The number of likely N-dealkylation sites (N-methyl/N-ethyl adjacent to an activating group) is 1. The van der Waals surface area contributed by atoms with Crippen LogP contribution in [0.3, 0.4) is 0 Å². The molecule has 2 aliphatic rings. The molecule has 6 heteroatoms. The zero-order valence-electron chi connectivity index (χ0n) is 12.4. The Morgan fingerprint density at radius 1 is 1.50 bits per heavy atom. The molecule has 0 aliphatic carbocycles. The molecule has 2 saturated heterocycles. The highest BCUT2D eigenvalue weighted by molar-refractivity contribution is 5.89. The fourth-order valence-corrected chi connectivity index (χ4v) is 2.71. The van der Waals surface area contributed by atoms with E-state index in [0.717, 1.165) is 26.0 Å². The highest BCUT2D eigenvalue weighted by Gasteiger charge is 2.35. The van der Waals surface area contributed by atoms with Gasteiger partial charge >= 0.3 is 0 Å². The molecule has 0 saturated carbocycles. The van der Waals surface area contributed by atoms with Crippen LogP contribution in [0, 0.1) is 5.92 Å². The van der Waals surface area contributed by atoms with E-state index in [0.29, 0.717) is 26.1 Å². The highest BCUT2D eigenvalue weighted by Crippen LogP contribution is 2.21. The number of hydrogen-bond acceptors (Lipinski definition) is 4. The monoisotopic (exact) mass is 283 g/mol. The van der Waals surface area contributed by atoms with E-state index in [2.05, 4.69) is 5.32 Å². The summed E-state index contributed by atoms with van der Waals surface area (Å²) in [6.07, 6.45) is 2.58. The molecule has 2 fully saturated rings. The zero-order chi connectivity index (χ0) is 14.5. The Labute approximate surface area is 120 Å². The van der Waals surface area contributed by atoms with Gasteiger partial charge in [-0.3, -0.25) is 9.59 Å². The number of hydrogen-bond donors (Lipinski definition) is 1. The first-order chi connectivity index (χ1) is 9.56. The molecule has 2 atom stereocenters. The first kappa shape index (κ1) is 15.3. The maximum atomic E-state index is 12.0. The Balaban J connectivity index is 1.74. The first-order valence-electron chi connectivity index (χ1n) is 7.38. The molecule has 114 valence electrons. The molecule has 0 aromatic heterocycles. The van der Waals surface area contributed by atoms with Crippen molar-refractivity contribution in [2.24, 2.45) is 5.92 Å². The van der Waals surface area contributed by atoms with Crippen LogP contribution in [0.25, 0.3) is 0 Å². The highest BCUT2D eigenvalue weighted by atomic mass is 16.5. The largest absolute Gasteiger partial charge is 0.376 e. The van der Waals surface area contributed by atoms with Gasteiger partial charge in [0, 0.05) is 39.2 Å². The molecule has 20 heavy (non-hydrogen) atoms. The molecule has 0 aromatic carbocycles. The number of carbonyl (C=O) groups excluding carboxylic acids is 2. The average molecular weight is 283 g/mol. The third kappa shape index (κ3) is 4.18. The number of amides is 2. The maximum absolute atomic E-state index is 12.0. The first-order valence-corrected chi connectivity index (χ1v) is 7.38. The van der Waals surface area contributed by atoms with Gasteiger partial charge in [-0.05, 0) is 26.9 Å². The van der Waals surface area contributed by atoms with Crippen molar-refractivity contribution >= 4 is 11.8 Å². The van der Waals surface area contributed by atoms with Gasteiger partial charge in [0.2, 0.25) is 11.8 Å². The second kappa shape index (κ2) is 7.04. The fourth-order valence-electron chi connectivity index (χ4n) is 2.71. The van der Waals surface area contributed by atoms with Crippen LogP contribution in [0.1, 0.15) is 19.3 Å². The van der Waals surface area contributed by atoms with E-state index in [1.54, 1.807) is 4.90 Å². The summed E-state index contributed by atoms with van der Waals surface area (Å²) >= 11 is 0. The topological polar surface area (TPSA) is 61.9 Å². The number of rotatable bonds is 6. The van der Waals surface area contributed by atoms with E-state index in [1.165, 1.54) is 0 Å². The summed E-state index contributed by atoms with van der Waals surface area (Å²) in [4.78, 5) is 27.8. The molecular formula is C14H25N3O3. The van der Waals surface area contributed by atoms with Gasteiger partial charge in [0.25, 0.3) is 0 Å². The summed E-state index contributed by atoms with van der Waals surface area (Å²) in [7, 11) is 3.93. The molecule has 2 aliphatic heterocycles. The molecule has 2 amide bonds. The fraction of sp³-hybridized carbons (Fsp3) is 0.857. The van der Waals surface area contributed by atoms with Crippen LogP contribution in [-0.4, -0.2) is 74.6 Å². The summed E-state index contributed by atoms with van der Waals surface area (Å²) in [5.41, 5.74) is 0.